The third kappa shape index (κ3) is 4.71. The van der Waals surface area contributed by atoms with Gasteiger partial charge in [-0.15, -0.1) is 0 Å². The van der Waals surface area contributed by atoms with Crippen LogP contribution in [0.25, 0.3) is 16.9 Å². The van der Waals surface area contributed by atoms with Crippen molar-refractivity contribution >= 4 is 29.1 Å². The highest BCUT2D eigenvalue weighted by molar-refractivity contribution is 6.35. The van der Waals surface area contributed by atoms with Crippen LogP contribution in [0.15, 0.2) is 72.8 Å². The average Bonchev–Trinajstić information content (AvgIpc) is 3.24. The summed E-state index contributed by atoms with van der Waals surface area (Å²) < 4.78 is 15.5. The Balaban J connectivity index is 1.58. The predicted octanol–water partition coefficient (Wildman–Crippen LogP) is 7.28. The fraction of sp³-hybridized carbons (Fsp3) is 0.214. The number of hydrogen-bond acceptors (Lipinski definition) is 2. The fourth-order valence-corrected chi connectivity index (χ4v) is 5.23. The molecule has 1 amide bonds. The van der Waals surface area contributed by atoms with Gasteiger partial charge in [0.15, 0.2) is 0 Å². The maximum absolute atomic E-state index is 13.7. The minimum atomic E-state index is -0.392. The van der Waals surface area contributed by atoms with Crippen molar-refractivity contribution in [1.82, 2.24) is 15.1 Å². The molecule has 0 bridgehead atoms. The summed E-state index contributed by atoms with van der Waals surface area (Å²) in [6.07, 6.45) is 2.32. The first-order chi connectivity index (χ1) is 16.9. The van der Waals surface area contributed by atoms with Crippen molar-refractivity contribution < 1.29 is 9.18 Å². The number of halogens is 3. The lowest BCUT2D eigenvalue weighted by Crippen LogP contribution is -2.33. The summed E-state index contributed by atoms with van der Waals surface area (Å²) in [6.45, 7) is 1.98. The number of carbonyl (C=O) groups is 1. The van der Waals surface area contributed by atoms with E-state index < -0.39 is 5.92 Å². The Morgan fingerprint density at radius 1 is 1.09 bits per heavy atom. The Bertz CT molecular complexity index is 1370. The minimum absolute atomic E-state index is 0.0557. The molecule has 0 unspecified atom stereocenters. The molecule has 0 spiro atoms. The van der Waals surface area contributed by atoms with Gasteiger partial charge in [0.1, 0.15) is 5.82 Å². The Labute approximate surface area is 213 Å². The first kappa shape index (κ1) is 23.6. The van der Waals surface area contributed by atoms with Gasteiger partial charge in [0.25, 0.3) is 0 Å². The molecule has 3 aromatic carbocycles. The quantitative estimate of drug-likeness (QED) is 0.308. The van der Waals surface area contributed by atoms with Crippen molar-refractivity contribution in [1.29, 1.82) is 0 Å². The van der Waals surface area contributed by atoms with Crippen LogP contribution >= 0.6 is 23.2 Å². The molecule has 178 valence electrons. The third-order valence-electron chi connectivity index (χ3n) is 6.49. The summed E-state index contributed by atoms with van der Waals surface area (Å²) >= 11 is 12.7. The molecule has 7 heteroatoms. The van der Waals surface area contributed by atoms with Crippen LogP contribution < -0.4 is 5.32 Å². The fourth-order valence-electron chi connectivity index (χ4n) is 4.74. The van der Waals surface area contributed by atoms with Crippen molar-refractivity contribution in [3.63, 3.8) is 0 Å². The molecule has 1 aromatic heterocycles. The zero-order valence-corrected chi connectivity index (χ0v) is 20.7. The number of hydrogen-bond donors (Lipinski definition) is 1. The lowest BCUT2D eigenvalue weighted by atomic mass is 9.85. The maximum atomic E-state index is 13.7. The standard InChI is InChI=1S/C28H24Cl2FN3O/c1-17(18-6-3-2-4-7-18)32-28(35)23-9-5-8-22-26(23)33-34(25-15-12-20(29)16-24(25)30)27(22)19-10-13-21(31)14-11-19/h2-4,6-7,10-17,23H,5,8-9H2,1H3,(H,32,35)/t17-,23-/m1/s1. The Kier molecular flexibility index (Phi) is 6.63. The van der Waals surface area contributed by atoms with Crippen LogP contribution in [-0.4, -0.2) is 15.7 Å². The molecular weight excluding hydrogens is 484 g/mol. The van der Waals surface area contributed by atoms with Gasteiger partial charge in [-0.2, -0.15) is 5.10 Å². The Morgan fingerprint density at radius 3 is 2.54 bits per heavy atom. The van der Waals surface area contributed by atoms with Crippen LogP contribution in [0.2, 0.25) is 10.0 Å². The van der Waals surface area contributed by atoms with Gasteiger partial charge in [-0.3, -0.25) is 4.79 Å². The van der Waals surface area contributed by atoms with Gasteiger partial charge in [0.05, 0.1) is 34.1 Å². The van der Waals surface area contributed by atoms with E-state index in [1.807, 2.05) is 43.3 Å². The highest BCUT2D eigenvalue weighted by Gasteiger charge is 2.34. The van der Waals surface area contributed by atoms with E-state index in [9.17, 15) is 9.18 Å². The lowest BCUT2D eigenvalue weighted by Gasteiger charge is -2.23. The van der Waals surface area contributed by atoms with Crippen LogP contribution in [0.5, 0.6) is 0 Å². The van der Waals surface area contributed by atoms with Gasteiger partial charge in [-0.25, -0.2) is 9.07 Å². The zero-order chi connectivity index (χ0) is 24.5. The second kappa shape index (κ2) is 9.84. The predicted molar refractivity (Wildman–Crippen MR) is 138 cm³/mol. The maximum Gasteiger partial charge on any atom is 0.229 e. The summed E-state index contributed by atoms with van der Waals surface area (Å²) in [6, 6.07) is 21.3. The topological polar surface area (TPSA) is 46.9 Å². The van der Waals surface area contributed by atoms with Gasteiger partial charge in [-0.05, 0) is 74.2 Å². The molecule has 4 aromatic rings. The third-order valence-corrected chi connectivity index (χ3v) is 7.03. The molecule has 2 atom stereocenters. The van der Waals surface area contributed by atoms with E-state index in [4.69, 9.17) is 28.3 Å². The van der Waals surface area contributed by atoms with E-state index in [0.29, 0.717) is 22.2 Å². The van der Waals surface area contributed by atoms with E-state index in [0.717, 1.165) is 40.9 Å². The van der Waals surface area contributed by atoms with Gasteiger partial charge in [0.2, 0.25) is 5.91 Å². The summed E-state index contributed by atoms with van der Waals surface area (Å²) in [4.78, 5) is 13.4. The average molecular weight is 508 g/mol. The molecule has 0 fully saturated rings. The van der Waals surface area contributed by atoms with E-state index in [2.05, 4.69) is 5.32 Å². The highest BCUT2D eigenvalue weighted by Crippen LogP contribution is 2.40. The molecule has 0 aliphatic heterocycles. The van der Waals surface area contributed by atoms with E-state index in [1.165, 1.54) is 12.1 Å². The normalized spacial score (nSPS) is 15.9. The van der Waals surface area contributed by atoms with Crippen molar-refractivity contribution in [2.75, 3.05) is 0 Å². The van der Waals surface area contributed by atoms with Crippen LogP contribution in [0.3, 0.4) is 0 Å². The van der Waals surface area contributed by atoms with Crippen molar-refractivity contribution in [3.8, 4) is 16.9 Å². The van der Waals surface area contributed by atoms with Gasteiger partial charge in [-0.1, -0.05) is 53.5 Å². The number of benzene rings is 3. The Hall–Kier alpha value is -3.15. The number of rotatable bonds is 5. The highest BCUT2D eigenvalue weighted by atomic mass is 35.5. The smallest absolute Gasteiger partial charge is 0.229 e. The van der Waals surface area contributed by atoms with Crippen molar-refractivity contribution in [3.05, 3.63) is 105 Å². The van der Waals surface area contributed by atoms with Crippen LogP contribution in [0.4, 0.5) is 4.39 Å². The summed E-state index contributed by atoms with van der Waals surface area (Å²) in [7, 11) is 0. The monoisotopic (exact) mass is 507 g/mol. The molecule has 5 rings (SSSR count). The van der Waals surface area contributed by atoms with E-state index in [-0.39, 0.29) is 17.8 Å². The first-order valence-electron chi connectivity index (χ1n) is 11.6. The van der Waals surface area contributed by atoms with Crippen molar-refractivity contribution in [2.24, 2.45) is 0 Å². The molecule has 0 saturated carbocycles. The second-order valence-corrected chi connectivity index (χ2v) is 9.66. The van der Waals surface area contributed by atoms with Crippen LogP contribution in [-0.2, 0) is 11.2 Å². The molecule has 1 aliphatic rings. The summed E-state index contributed by atoms with van der Waals surface area (Å²) in [5.41, 5.74) is 5.05. The number of fused-ring (bicyclic) bond motifs is 1. The second-order valence-electron chi connectivity index (χ2n) is 8.81. The Morgan fingerprint density at radius 2 is 1.83 bits per heavy atom. The zero-order valence-electron chi connectivity index (χ0n) is 19.1. The molecule has 4 nitrogen and oxygen atoms in total. The van der Waals surface area contributed by atoms with Gasteiger partial charge in [0, 0.05) is 16.1 Å². The number of nitrogens with one attached hydrogen (secondary N) is 1. The minimum Gasteiger partial charge on any atom is -0.349 e. The molecule has 1 aliphatic carbocycles. The lowest BCUT2D eigenvalue weighted by molar-refractivity contribution is -0.123. The summed E-state index contributed by atoms with van der Waals surface area (Å²) in [5, 5.41) is 9.05. The van der Waals surface area contributed by atoms with Gasteiger partial charge < -0.3 is 5.32 Å². The number of aromatic nitrogens is 2. The number of nitrogens with zero attached hydrogens (tertiary/aromatic N) is 2. The molecule has 35 heavy (non-hydrogen) atoms. The molecule has 0 saturated heterocycles. The largest absolute Gasteiger partial charge is 0.349 e. The molecule has 0 radical (unpaired) electrons. The SMILES string of the molecule is C[C@@H](NC(=O)[C@@H]1CCCc2c1nn(-c1ccc(Cl)cc1Cl)c2-c1ccc(F)cc1)c1ccccc1. The van der Waals surface area contributed by atoms with Crippen LogP contribution in [0.1, 0.15) is 48.5 Å². The number of carbonyl (C=O) groups excluding carboxylic acids is 1. The molecular formula is C28H24Cl2FN3O. The van der Waals surface area contributed by atoms with E-state index >= 15 is 0 Å². The van der Waals surface area contributed by atoms with Crippen molar-refractivity contribution in [2.45, 2.75) is 38.1 Å². The first-order valence-corrected chi connectivity index (χ1v) is 12.4. The number of amides is 1. The summed E-state index contributed by atoms with van der Waals surface area (Å²) in [5.74, 6) is -0.762. The molecule has 1 N–H and O–H groups in total. The van der Waals surface area contributed by atoms with Crippen LogP contribution in [0, 0.1) is 5.82 Å². The van der Waals surface area contributed by atoms with E-state index in [1.54, 1.807) is 28.9 Å². The van der Waals surface area contributed by atoms with Gasteiger partial charge >= 0.3 is 0 Å². The molecule has 1 heterocycles.